The normalized spacial score (nSPS) is 23.8. The van der Waals surface area contributed by atoms with Crippen molar-refractivity contribution in [3.05, 3.63) is 65.7 Å². The van der Waals surface area contributed by atoms with Gasteiger partial charge in [0.05, 0.1) is 13.1 Å². The van der Waals surface area contributed by atoms with Gasteiger partial charge in [0.25, 0.3) is 5.91 Å². The summed E-state index contributed by atoms with van der Waals surface area (Å²) in [4.78, 5) is 16.9. The minimum atomic E-state index is 0.0851. The fourth-order valence-electron chi connectivity index (χ4n) is 4.53. The summed E-state index contributed by atoms with van der Waals surface area (Å²) in [6.07, 6.45) is 0. The zero-order chi connectivity index (χ0) is 19.1. The van der Waals surface area contributed by atoms with Crippen molar-refractivity contribution in [3.8, 4) is 11.4 Å². The van der Waals surface area contributed by atoms with E-state index in [1.165, 1.54) is 10.4 Å². The third kappa shape index (κ3) is 2.88. The number of hydrogen-bond donors (Lipinski definition) is 1. The number of likely N-dealkylation sites (tertiary alicyclic amines) is 1. The Morgan fingerprint density at radius 3 is 2.57 bits per heavy atom. The van der Waals surface area contributed by atoms with Crippen molar-refractivity contribution in [3.63, 3.8) is 0 Å². The third-order valence-electron chi connectivity index (χ3n) is 5.86. The minimum Gasteiger partial charge on any atom is -0.331 e. The van der Waals surface area contributed by atoms with E-state index in [9.17, 15) is 4.79 Å². The molecule has 3 atom stereocenters. The first-order valence-corrected chi connectivity index (χ1v) is 9.62. The predicted molar refractivity (Wildman–Crippen MR) is 104 cm³/mol. The Bertz CT molecular complexity index is 984. The van der Waals surface area contributed by atoms with Crippen LogP contribution in [0.15, 0.2) is 54.6 Å². The molecule has 5 rings (SSSR count). The molecular weight excluding hydrogens is 352 g/mol. The molecule has 0 bridgehead atoms. The quantitative estimate of drug-likeness (QED) is 0.758. The van der Waals surface area contributed by atoms with Gasteiger partial charge in [-0.2, -0.15) is 4.80 Å². The van der Waals surface area contributed by atoms with Crippen molar-refractivity contribution >= 4 is 5.91 Å². The van der Waals surface area contributed by atoms with Crippen molar-refractivity contribution in [1.82, 2.24) is 30.4 Å². The van der Waals surface area contributed by atoms with E-state index in [0.29, 0.717) is 23.2 Å². The minimum absolute atomic E-state index is 0.0851. The van der Waals surface area contributed by atoms with Crippen LogP contribution in [0.1, 0.15) is 22.0 Å². The van der Waals surface area contributed by atoms with Crippen LogP contribution < -0.4 is 5.32 Å². The van der Waals surface area contributed by atoms with Gasteiger partial charge in [-0.15, -0.1) is 10.2 Å². The summed E-state index contributed by atoms with van der Waals surface area (Å²) in [6.45, 7) is 2.74. The monoisotopic (exact) mass is 374 g/mol. The van der Waals surface area contributed by atoms with Crippen LogP contribution in [-0.2, 0) is 7.05 Å². The number of carbonyl (C=O) groups is 1. The average molecular weight is 374 g/mol. The van der Waals surface area contributed by atoms with Crippen molar-refractivity contribution in [2.75, 3.05) is 19.6 Å². The number of nitrogens with one attached hydrogen (secondary N) is 1. The van der Waals surface area contributed by atoms with Gasteiger partial charge in [-0.05, 0) is 28.8 Å². The van der Waals surface area contributed by atoms with Gasteiger partial charge in [-0.25, -0.2) is 0 Å². The molecule has 3 heterocycles. The van der Waals surface area contributed by atoms with Crippen molar-refractivity contribution < 1.29 is 4.79 Å². The van der Waals surface area contributed by atoms with Gasteiger partial charge in [-0.1, -0.05) is 42.5 Å². The molecule has 28 heavy (non-hydrogen) atoms. The van der Waals surface area contributed by atoms with Crippen LogP contribution in [0.3, 0.4) is 0 Å². The largest absolute Gasteiger partial charge is 0.331 e. The van der Waals surface area contributed by atoms with E-state index in [1.807, 2.05) is 30.3 Å². The van der Waals surface area contributed by atoms with Crippen LogP contribution in [0.2, 0.25) is 0 Å². The zero-order valence-corrected chi connectivity index (χ0v) is 15.7. The van der Waals surface area contributed by atoms with Gasteiger partial charge >= 0.3 is 0 Å². The number of aromatic nitrogens is 4. The number of fused-ring (bicyclic) bond motifs is 1. The highest BCUT2D eigenvalue weighted by molar-refractivity contribution is 5.95. The summed E-state index contributed by atoms with van der Waals surface area (Å²) in [5.74, 6) is 1.62. The standard InChI is InChI=1S/C21H22N6O/c1-26-24-20(23-25-26)15-7-9-16(10-8-15)21(28)27-13-17-11-22-12-18(17)19(27)14-5-3-2-4-6-14/h2-10,17-19,22H,11-13H2,1H3/t17-,18-,19+/m0/s1. The summed E-state index contributed by atoms with van der Waals surface area (Å²) in [6, 6.07) is 18.0. The van der Waals surface area contributed by atoms with E-state index in [2.05, 4.69) is 49.9 Å². The molecule has 3 aromatic rings. The number of carbonyl (C=O) groups excluding carboxylic acids is 1. The highest BCUT2D eigenvalue weighted by Gasteiger charge is 2.46. The van der Waals surface area contributed by atoms with E-state index < -0.39 is 0 Å². The lowest BCUT2D eigenvalue weighted by Crippen LogP contribution is -2.34. The van der Waals surface area contributed by atoms with E-state index in [1.54, 1.807) is 7.05 Å². The van der Waals surface area contributed by atoms with E-state index in [4.69, 9.17) is 0 Å². The second-order valence-electron chi connectivity index (χ2n) is 7.58. The molecule has 0 aliphatic carbocycles. The van der Waals surface area contributed by atoms with Crippen LogP contribution in [0.5, 0.6) is 0 Å². The molecule has 0 saturated carbocycles. The molecule has 7 nitrogen and oxygen atoms in total. The van der Waals surface area contributed by atoms with E-state index >= 15 is 0 Å². The average Bonchev–Trinajstić information content (AvgIpc) is 3.44. The maximum absolute atomic E-state index is 13.4. The Morgan fingerprint density at radius 1 is 1.07 bits per heavy atom. The smallest absolute Gasteiger partial charge is 0.254 e. The van der Waals surface area contributed by atoms with Gasteiger partial charge in [-0.3, -0.25) is 4.79 Å². The third-order valence-corrected chi connectivity index (χ3v) is 5.86. The molecule has 1 aromatic heterocycles. The first kappa shape index (κ1) is 17.1. The second-order valence-corrected chi connectivity index (χ2v) is 7.58. The molecule has 2 aromatic carbocycles. The lowest BCUT2D eigenvalue weighted by Gasteiger charge is -2.28. The first-order valence-electron chi connectivity index (χ1n) is 9.62. The molecule has 0 unspecified atom stereocenters. The molecule has 142 valence electrons. The van der Waals surface area contributed by atoms with Crippen molar-refractivity contribution in [2.45, 2.75) is 6.04 Å². The van der Waals surface area contributed by atoms with Gasteiger partial charge in [0.15, 0.2) is 0 Å². The van der Waals surface area contributed by atoms with Gasteiger partial charge < -0.3 is 10.2 Å². The van der Waals surface area contributed by atoms with Crippen molar-refractivity contribution in [1.29, 1.82) is 0 Å². The SMILES string of the molecule is Cn1nnc(-c2ccc(C(=O)N3C[C@@H]4CNC[C@@H]4[C@H]3c3ccccc3)cc2)n1. The Balaban J connectivity index is 1.43. The highest BCUT2D eigenvalue weighted by atomic mass is 16.2. The highest BCUT2D eigenvalue weighted by Crippen LogP contribution is 2.43. The van der Waals surface area contributed by atoms with E-state index in [-0.39, 0.29) is 11.9 Å². The Morgan fingerprint density at radius 2 is 1.86 bits per heavy atom. The maximum Gasteiger partial charge on any atom is 0.254 e. The predicted octanol–water partition coefficient (Wildman–Crippen LogP) is 1.91. The maximum atomic E-state index is 13.4. The lowest BCUT2D eigenvalue weighted by molar-refractivity contribution is 0.0714. The van der Waals surface area contributed by atoms with E-state index in [0.717, 1.165) is 25.2 Å². The van der Waals surface area contributed by atoms with Crippen LogP contribution >= 0.6 is 0 Å². The molecular formula is C21H22N6O. The van der Waals surface area contributed by atoms with Crippen LogP contribution in [-0.4, -0.2) is 50.6 Å². The number of aryl methyl sites for hydroxylation is 1. The number of amides is 1. The summed E-state index contributed by atoms with van der Waals surface area (Å²) >= 11 is 0. The molecule has 2 aliphatic rings. The first-order chi connectivity index (χ1) is 13.7. The number of benzene rings is 2. The number of nitrogens with zero attached hydrogens (tertiary/aromatic N) is 5. The van der Waals surface area contributed by atoms with Crippen LogP contribution in [0, 0.1) is 11.8 Å². The second kappa shape index (κ2) is 6.83. The fraction of sp³-hybridized carbons (Fsp3) is 0.333. The van der Waals surface area contributed by atoms with Gasteiger partial charge in [0, 0.05) is 36.7 Å². The molecule has 0 spiro atoms. The Labute approximate surface area is 163 Å². The van der Waals surface area contributed by atoms with Gasteiger partial charge in [0.1, 0.15) is 0 Å². The van der Waals surface area contributed by atoms with Gasteiger partial charge in [0.2, 0.25) is 5.82 Å². The summed E-state index contributed by atoms with van der Waals surface area (Å²) in [5, 5.41) is 15.6. The topological polar surface area (TPSA) is 75.9 Å². The molecule has 0 radical (unpaired) electrons. The van der Waals surface area contributed by atoms with Crippen LogP contribution in [0.25, 0.3) is 11.4 Å². The fourth-order valence-corrected chi connectivity index (χ4v) is 4.53. The zero-order valence-electron chi connectivity index (χ0n) is 15.7. The Hall–Kier alpha value is -3.06. The molecule has 1 amide bonds. The molecule has 2 aliphatic heterocycles. The lowest BCUT2D eigenvalue weighted by atomic mass is 9.89. The number of rotatable bonds is 3. The molecule has 1 N–H and O–H groups in total. The molecule has 7 heteroatoms. The number of hydrogen-bond acceptors (Lipinski definition) is 5. The summed E-state index contributed by atoms with van der Waals surface area (Å²) < 4.78 is 0. The molecule has 2 fully saturated rings. The number of tetrazole rings is 1. The molecule has 2 saturated heterocycles. The Kier molecular flexibility index (Phi) is 4.16. The van der Waals surface area contributed by atoms with Crippen molar-refractivity contribution in [2.24, 2.45) is 18.9 Å². The van der Waals surface area contributed by atoms with Crippen LogP contribution in [0.4, 0.5) is 0 Å². The summed E-state index contributed by atoms with van der Waals surface area (Å²) in [5.41, 5.74) is 2.76. The summed E-state index contributed by atoms with van der Waals surface area (Å²) in [7, 11) is 1.73.